The number of piperidine rings is 1. The van der Waals surface area contributed by atoms with Crippen LogP contribution in [0, 0.1) is 5.92 Å². The fourth-order valence-electron chi connectivity index (χ4n) is 3.71. The Hall–Kier alpha value is -2.58. The fraction of sp³-hybridized carbons (Fsp3) is 0.435. The maximum atomic E-state index is 13.1. The van der Waals surface area contributed by atoms with Crippen LogP contribution in [0.3, 0.4) is 0 Å². The Morgan fingerprint density at radius 1 is 1.13 bits per heavy atom. The maximum Gasteiger partial charge on any atom is 0.243 e. The van der Waals surface area contributed by atoms with Crippen molar-refractivity contribution in [1.82, 2.24) is 9.62 Å². The lowest BCUT2D eigenvalue weighted by molar-refractivity contribution is -0.126. The predicted octanol–water partition coefficient (Wildman–Crippen LogP) is 3.37. The van der Waals surface area contributed by atoms with Gasteiger partial charge in [0.2, 0.25) is 15.9 Å². The molecule has 8 heteroatoms. The van der Waals surface area contributed by atoms with Crippen LogP contribution in [0.5, 0.6) is 11.5 Å². The molecule has 0 aromatic heterocycles. The van der Waals surface area contributed by atoms with E-state index in [-0.39, 0.29) is 29.3 Å². The third-order valence-electron chi connectivity index (χ3n) is 5.50. The van der Waals surface area contributed by atoms with Gasteiger partial charge >= 0.3 is 0 Å². The Morgan fingerprint density at radius 3 is 2.39 bits per heavy atom. The lowest BCUT2D eigenvalue weighted by Crippen LogP contribution is -2.45. The molecule has 1 aliphatic heterocycles. The number of carbonyl (C=O) groups is 1. The van der Waals surface area contributed by atoms with Crippen LogP contribution in [-0.2, 0) is 14.8 Å². The van der Waals surface area contributed by atoms with Crippen LogP contribution in [0.4, 0.5) is 0 Å². The van der Waals surface area contributed by atoms with Gasteiger partial charge in [-0.05, 0) is 68.7 Å². The van der Waals surface area contributed by atoms with Crippen LogP contribution in [0.25, 0.3) is 0 Å². The first kappa shape index (κ1) is 23.1. The number of benzene rings is 2. The highest BCUT2D eigenvalue weighted by atomic mass is 32.2. The summed E-state index contributed by atoms with van der Waals surface area (Å²) in [5, 5.41) is 3.02. The summed E-state index contributed by atoms with van der Waals surface area (Å²) in [6.45, 7) is 4.89. The lowest BCUT2D eigenvalue weighted by atomic mass is 9.98. The number of carbonyl (C=O) groups excluding carboxylic acids is 1. The fourth-order valence-corrected chi connectivity index (χ4v) is 5.23. The topological polar surface area (TPSA) is 84.9 Å². The van der Waals surface area contributed by atoms with Crippen molar-refractivity contribution in [3.05, 3.63) is 54.1 Å². The van der Waals surface area contributed by atoms with E-state index in [0.717, 1.165) is 11.3 Å². The first-order valence-corrected chi connectivity index (χ1v) is 12.0. The Bertz CT molecular complexity index is 974. The van der Waals surface area contributed by atoms with Gasteiger partial charge in [-0.15, -0.1) is 0 Å². The number of methoxy groups -OCH3 is 1. The average molecular weight is 447 g/mol. The van der Waals surface area contributed by atoms with Crippen LogP contribution >= 0.6 is 0 Å². The molecule has 168 valence electrons. The molecule has 7 nitrogen and oxygen atoms in total. The summed E-state index contributed by atoms with van der Waals surface area (Å²) >= 11 is 0. The molecular weight excluding hydrogens is 416 g/mol. The molecule has 2 aromatic carbocycles. The minimum absolute atomic E-state index is 0.130. The van der Waals surface area contributed by atoms with Crippen LogP contribution in [0.2, 0.25) is 0 Å². The molecule has 0 bridgehead atoms. The highest BCUT2D eigenvalue weighted by Crippen LogP contribution is 2.26. The molecule has 1 fully saturated rings. The van der Waals surface area contributed by atoms with Crippen molar-refractivity contribution in [3.8, 4) is 11.5 Å². The number of hydrogen-bond donors (Lipinski definition) is 1. The van der Waals surface area contributed by atoms with E-state index in [1.165, 1.54) is 4.31 Å². The Balaban J connectivity index is 1.65. The molecule has 1 heterocycles. The smallest absolute Gasteiger partial charge is 0.243 e. The van der Waals surface area contributed by atoms with E-state index in [1.54, 1.807) is 31.4 Å². The van der Waals surface area contributed by atoms with Gasteiger partial charge in [-0.2, -0.15) is 4.31 Å². The predicted molar refractivity (Wildman–Crippen MR) is 119 cm³/mol. The van der Waals surface area contributed by atoms with Gasteiger partial charge in [0.05, 0.1) is 30.6 Å². The van der Waals surface area contributed by atoms with Gasteiger partial charge in [-0.1, -0.05) is 12.1 Å². The summed E-state index contributed by atoms with van der Waals surface area (Å²) in [6.07, 6.45) is 1.31. The number of sulfonamides is 1. The number of ether oxygens (including phenoxy) is 2. The number of nitrogens with one attached hydrogen (secondary N) is 1. The van der Waals surface area contributed by atoms with Crippen LogP contribution in [-0.4, -0.2) is 45.4 Å². The van der Waals surface area contributed by atoms with E-state index in [0.29, 0.717) is 31.7 Å². The summed E-state index contributed by atoms with van der Waals surface area (Å²) in [5.74, 6) is 0.872. The molecule has 0 spiro atoms. The molecule has 0 unspecified atom stereocenters. The lowest BCUT2D eigenvalue weighted by Gasteiger charge is -2.32. The zero-order valence-electron chi connectivity index (χ0n) is 18.2. The molecule has 1 aliphatic rings. The summed E-state index contributed by atoms with van der Waals surface area (Å²) in [7, 11) is -2.06. The number of nitrogens with zero attached hydrogens (tertiary/aromatic N) is 1. The largest absolute Gasteiger partial charge is 0.497 e. The Morgan fingerprint density at radius 2 is 1.77 bits per heavy atom. The van der Waals surface area contributed by atoms with E-state index >= 15 is 0 Å². The van der Waals surface area contributed by atoms with Crippen molar-refractivity contribution >= 4 is 15.9 Å². The van der Waals surface area contributed by atoms with E-state index in [4.69, 9.17) is 9.47 Å². The maximum absolute atomic E-state index is 13.1. The molecule has 1 amide bonds. The van der Waals surface area contributed by atoms with Gasteiger partial charge < -0.3 is 14.8 Å². The molecule has 3 rings (SSSR count). The first-order chi connectivity index (χ1) is 14.8. The van der Waals surface area contributed by atoms with Crippen molar-refractivity contribution in [1.29, 1.82) is 0 Å². The van der Waals surface area contributed by atoms with Gasteiger partial charge in [-0.25, -0.2) is 8.42 Å². The molecule has 2 aromatic rings. The Kier molecular flexibility index (Phi) is 7.56. The van der Waals surface area contributed by atoms with E-state index < -0.39 is 10.0 Å². The monoisotopic (exact) mass is 446 g/mol. The van der Waals surface area contributed by atoms with Gasteiger partial charge in [0.25, 0.3) is 0 Å². The van der Waals surface area contributed by atoms with Gasteiger partial charge in [0.15, 0.2) is 0 Å². The van der Waals surface area contributed by atoms with Gasteiger partial charge in [0.1, 0.15) is 11.5 Å². The number of rotatable bonds is 8. The average Bonchev–Trinajstić information content (AvgIpc) is 2.79. The second-order valence-electron chi connectivity index (χ2n) is 7.61. The SMILES string of the molecule is CCOc1ccc(S(=O)(=O)N2CCC[C@@H](C(=O)N[C@H](C)c3ccc(OC)cc3)C2)cc1. The van der Waals surface area contributed by atoms with Gasteiger partial charge in [0, 0.05) is 13.1 Å². The molecule has 0 radical (unpaired) electrons. The second-order valence-corrected chi connectivity index (χ2v) is 9.55. The molecule has 2 atom stereocenters. The quantitative estimate of drug-likeness (QED) is 0.672. The van der Waals surface area contributed by atoms with Crippen molar-refractivity contribution in [2.24, 2.45) is 5.92 Å². The van der Waals surface area contributed by atoms with Gasteiger partial charge in [-0.3, -0.25) is 4.79 Å². The molecule has 0 aliphatic carbocycles. The van der Waals surface area contributed by atoms with Crippen LogP contribution in [0.1, 0.15) is 38.3 Å². The summed E-state index contributed by atoms with van der Waals surface area (Å²) in [4.78, 5) is 13.1. The summed E-state index contributed by atoms with van der Waals surface area (Å²) < 4.78 is 38.1. The standard InChI is InChI=1S/C23H30N2O5S/c1-4-30-21-11-13-22(14-12-21)31(27,28)25-15-5-6-19(16-25)23(26)24-17(2)18-7-9-20(29-3)10-8-18/h7-14,17,19H,4-6,15-16H2,1-3H3,(H,24,26)/t17-,19-/m1/s1. The van der Waals surface area contributed by atoms with Crippen LogP contribution < -0.4 is 14.8 Å². The minimum atomic E-state index is -3.66. The number of amides is 1. The third kappa shape index (κ3) is 5.57. The minimum Gasteiger partial charge on any atom is -0.497 e. The van der Waals surface area contributed by atoms with E-state index in [1.807, 2.05) is 38.1 Å². The molecule has 1 N–H and O–H groups in total. The van der Waals surface area contributed by atoms with E-state index in [2.05, 4.69) is 5.32 Å². The second kappa shape index (κ2) is 10.2. The van der Waals surface area contributed by atoms with Crippen molar-refractivity contribution in [2.45, 2.75) is 37.6 Å². The molecular formula is C23H30N2O5S. The summed E-state index contributed by atoms with van der Waals surface area (Å²) in [6, 6.07) is 13.7. The third-order valence-corrected chi connectivity index (χ3v) is 7.38. The number of hydrogen-bond acceptors (Lipinski definition) is 5. The highest BCUT2D eigenvalue weighted by molar-refractivity contribution is 7.89. The molecule has 1 saturated heterocycles. The highest BCUT2D eigenvalue weighted by Gasteiger charge is 2.33. The zero-order chi connectivity index (χ0) is 22.4. The van der Waals surface area contributed by atoms with Crippen molar-refractivity contribution < 1.29 is 22.7 Å². The molecule has 31 heavy (non-hydrogen) atoms. The molecule has 0 saturated carbocycles. The summed E-state index contributed by atoms with van der Waals surface area (Å²) in [5.41, 5.74) is 0.962. The van der Waals surface area contributed by atoms with Crippen LogP contribution in [0.15, 0.2) is 53.4 Å². The normalized spacial score (nSPS) is 18.2. The zero-order valence-corrected chi connectivity index (χ0v) is 19.0. The van der Waals surface area contributed by atoms with E-state index in [9.17, 15) is 13.2 Å². The Labute approximate surface area is 184 Å². The van der Waals surface area contributed by atoms with Crippen molar-refractivity contribution in [2.75, 3.05) is 26.8 Å². The first-order valence-electron chi connectivity index (χ1n) is 10.5. The van der Waals surface area contributed by atoms with Crippen molar-refractivity contribution in [3.63, 3.8) is 0 Å².